The molecule has 0 unspecified atom stereocenters. The summed E-state index contributed by atoms with van der Waals surface area (Å²) in [6.45, 7) is 4.17. The van der Waals surface area contributed by atoms with E-state index in [0.29, 0.717) is 18.7 Å². The highest BCUT2D eigenvalue weighted by atomic mass is 32.2. The van der Waals surface area contributed by atoms with E-state index < -0.39 is 10.0 Å². The van der Waals surface area contributed by atoms with Crippen LogP contribution in [0.3, 0.4) is 0 Å². The Morgan fingerprint density at radius 2 is 1.72 bits per heavy atom. The van der Waals surface area contributed by atoms with Gasteiger partial charge >= 0.3 is 0 Å². The Kier molecular flexibility index (Phi) is 6.86. The van der Waals surface area contributed by atoms with Gasteiger partial charge in [-0.2, -0.15) is 0 Å². The summed E-state index contributed by atoms with van der Waals surface area (Å²) in [7, 11) is -1.32. The second-order valence-electron chi connectivity index (χ2n) is 7.82. The molecule has 2 saturated heterocycles. The number of likely N-dealkylation sites (tertiary alicyclic amines) is 1. The van der Waals surface area contributed by atoms with E-state index >= 15 is 0 Å². The molecule has 29 heavy (non-hydrogen) atoms. The maximum Gasteiger partial charge on any atom is 0.255 e. The maximum atomic E-state index is 12.6. The van der Waals surface area contributed by atoms with Crippen LogP contribution in [-0.4, -0.2) is 99.0 Å². The predicted molar refractivity (Wildman–Crippen MR) is 109 cm³/mol. The van der Waals surface area contributed by atoms with Gasteiger partial charge in [-0.1, -0.05) is 0 Å². The molecule has 9 nitrogen and oxygen atoms in total. The minimum Gasteiger partial charge on any atom is -0.342 e. The van der Waals surface area contributed by atoms with Crippen molar-refractivity contribution < 1.29 is 18.0 Å². The monoisotopic (exact) mass is 423 g/mol. The number of carbonyl (C=O) groups excluding carboxylic acids is 2. The average molecular weight is 424 g/mol. The molecule has 0 aromatic carbocycles. The molecule has 2 aliphatic heterocycles. The lowest BCUT2D eigenvalue weighted by Gasteiger charge is -2.33. The number of hydrogen-bond acceptors (Lipinski definition) is 6. The standard InChI is InChI=1S/C19H29N5O4S/c1-22-9-11-24(12-10-22)19(26)16-3-4-17(20-13-16)15-5-7-23(8-6-15)18(25)14-21-29(2,27)28/h3-4,13,15,21H,5-12,14H2,1-2H3. The Morgan fingerprint density at radius 3 is 2.28 bits per heavy atom. The second kappa shape index (κ2) is 9.19. The first kappa shape index (κ1) is 21.7. The topological polar surface area (TPSA) is 103 Å². The Balaban J connectivity index is 1.51. The fraction of sp³-hybridized carbons (Fsp3) is 0.632. The molecule has 0 spiro atoms. The maximum absolute atomic E-state index is 12.6. The third kappa shape index (κ3) is 5.97. The summed E-state index contributed by atoms with van der Waals surface area (Å²) < 4.78 is 24.5. The van der Waals surface area contributed by atoms with Crippen molar-refractivity contribution in [3.63, 3.8) is 0 Å². The summed E-state index contributed by atoms with van der Waals surface area (Å²) >= 11 is 0. The van der Waals surface area contributed by atoms with Gasteiger partial charge in [-0.3, -0.25) is 14.6 Å². The van der Waals surface area contributed by atoms with Crippen molar-refractivity contribution in [2.75, 3.05) is 59.1 Å². The number of carbonyl (C=O) groups is 2. The highest BCUT2D eigenvalue weighted by molar-refractivity contribution is 7.88. The molecule has 10 heteroatoms. The zero-order valence-electron chi connectivity index (χ0n) is 17.0. The number of amides is 2. The minimum absolute atomic E-state index is 0.0240. The van der Waals surface area contributed by atoms with E-state index in [9.17, 15) is 18.0 Å². The fourth-order valence-corrected chi connectivity index (χ4v) is 4.08. The van der Waals surface area contributed by atoms with E-state index in [1.165, 1.54) is 0 Å². The lowest BCUT2D eigenvalue weighted by atomic mass is 9.92. The molecule has 1 aromatic heterocycles. The van der Waals surface area contributed by atoms with Gasteiger partial charge in [0.1, 0.15) is 0 Å². The van der Waals surface area contributed by atoms with Gasteiger partial charge in [-0.05, 0) is 32.0 Å². The first-order valence-electron chi connectivity index (χ1n) is 9.89. The first-order valence-corrected chi connectivity index (χ1v) is 11.8. The average Bonchev–Trinajstić information content (AvgIpc) is 2.72. The van der Waals surface area contributed by atoms with Gasteiger partial charge in [-0.25, -0.2) is 13.1 Å². The van der Waals surface area contributed by atoms with Crippen molar-refractivity contribution in [1.29, 1.82) is 0 Å². The van der Waals surface area contributed by atoms with Gasteiger partial charge in [0.05, 0.1) is 18.4 Å². The van der Waals surface area contributed by atoms with Crippen LogP contribution in [0.4, 0.5) is 0 Å². The van der Waals surface area contributed by atoms with Crippen LogP contribution in [0.15, 0.2) is 18.3 Å². The lowest BCUT2D eigenvalue weighted by molar-refractivity contribution is -0.131. The molecule has 2 aliphatic rings. The first-order chi connectivity index (χ1) is 13.7. The number of hydrogen-bond donors (Lipinski definition) is 1. The van der Waals surface area contributed by atoms with Crippen molar-refractivity contribution in [2.45, 2.75) is 18.8 Å². The van der Waals surface area contributed by atoms with E-state index in [2.05, 4.69) is 21.7 Å². The number of piperidine rings is 1. The second-order valence-corrected chi connectivity index (χ2v) is 9.65. The summed E-state index contributed by atoms with van der Waals surface area (Å²) in [5.41, 5.74) is 1.54. The molecule has 0 atom stereocenters. The van der Waals surface area contributed by atoms with Crippen LogP contribution in [0, 0.1) is 0 Å². The van der Waals surface area contributed by atoms with Crippen molar-refractivity contribution in [3.05, 3.63) is 29.6 Å². The number of sulfonamides is 1. The van der Waals surface area contributed by atoms with Crippen LogP contribution in [0.5, 0.6) is 0 Å². The van der Waals surface area contributed by atoms with Crippen LogP contribution < -0.4 is 4.72 Å². The zero-order chi connectivity index (χ0) is 21.0. The quantitative estimate of drug-likeness (QED) is 0.699. The Hall–Kier alpha value is -2.04. The highest BCUT2D eigenvalue weighted by Gasteiger charge is 2.26. The van der Waals surface area contributed by atoms with E-state index in [4.69, 9.17) is 0 Å². The minimum atomic E-state index is -3.37. The van der Waals surface area contributed by atoms with E-state index in [1.807, 2.05) is 17.0 Å². The third-order valence-electron chi connectivity index (χ3n) is 5.58. The fourth-order valence-electron chi connectivity index (χ4n) is 3.69. The van der Waals surface area contributed by atoms with E-state index in [0.717, 1.165) is 51.0 Å². The number of rotatable bonds is 5. The molecule has 1 N–H and O–H groups in total. The van der Waals surface area contributed by atoms with Crippen molar-refractivity contribution >= 4 is 21.8 Å². The molecule has 2 amide bonds. The Morgan fingerprint density at radius 1 is 1.07 bits per heavy atom. The highest BCUT2D eigenvalue weighted by Crippen LogP contribution is 2.26. The van der Waals surface area contributed by atoms with Crippen molar-refractivity contribution in [2.24, 2.45) is 0 Å². The van der Waals surface area contributed by atoms with Crippen molar-refractivity contribution in [3.8, 4) is 0 Å². The number of piperazine rings is 1. The van der Waals surface area contributed by atoms with Gasteiger partial charge in [-0.15, -0.1) is 0 Å². The van der Waals surface area contributed by atoms with E-state index in [1.54, 1.807) is 11.1 Å². The molecule has 0 radical (unpaired) electrons. The van der Waals surface area contributed by atoms with Crippen LogP contribution in [0.2, 0.25) is 0 Å². The Bertz CT molecular complexity index is 827. The number of nitrogens with one attached hydrogen (secondary N) is 1. The van der Waals surface area contributed by atoms with Crippen LogP contribution in [-0.2, 0) is 14.8 Å². The molecule has 3 rings (SSSR count). The van der Waals surface area contributed by atoms with Gasteiger partial charge in [0.15, 0.2) is 0 Å². The Labute approximate surface area is 172 Å². The molecule has 0 saturated carbocycles. The number of nitrogens with zero attached hydrogens (tertiary/aromatic N) is 4. The summed E-state index contributed by atoms with van der Waals surface area (Å²) in [4.78, 5) is 35.0. The van der Waals surface area contributed by atoms with Crippen LogP contribution >= 0.6 is 0 Å². The van der Waals surface area contributed by atoms with Gasteiger partial charge in [0.25, 0.3) is 5.91 Å². The van der Waals surface area contributed by atoms with Gasteiger partial charge < -0.3 is 14.7 Å². The SMILES string of the molecule is CN1CCN(C(=O)c2ccc(C3CCN(C(=O)CNS(C)(=O)=O)CC3)nc2)CC1. The van der Waals surface area contributed by atoms with Gasteiger partial charge in [0.2, 0.25) is 15.9 Å². The molecule has 1 aromatic rings. The normalized spacial score (nSPS) is 19.4. The number of pyridine rings is 1. The third-order valence-corrected chi connectivity index (χ3v) is 6.24. The molecule has 3 heterocycles. The molecule has 0 bridgehead atoms. The summed E-state index contributed by atoms with van der Waals surface area (Å²) in [5.74, 6) is 0.0422. The van der Waals surface area contributed by atoms with E-state index in [-0.39, 0.29) is 24.3 Å². The molecular weight excluding hydrogens is 394 g/mol. The van der Waals surface area contributed by atoms with Gasteiger partial charge in [0, 0.05) is 57.1 Å². The molecule has 160 valence electrons. The summed E-state index contributed by atoms with van der Waals surface area (Å²) in [6, 6.07) is 3.76. The van der Waals surface area contributed by atoms with Crippen LogP contribution in [0.25, 0.3) is 0 Å². The predicted octanol–water partition coefficient (Wildman–Crippen LogP) is -0.276. The lowest BCUT2D eigenvalue weighted by Crippen LogP contribution is -2.47. The zero-order valence-corrected chi connectivity index (χ0v) is 17.8. The van der Waals surface area contributed by atoms with Crippen LogP contribution in [0.1, 0.15) is 34.8 Å². The van der Waals surface area contributed by atoms with Crippen molar-refractivity contribution in [1.82, 2.24) is 24.4 Å². The molecule has 0 aliphatic carbocycles. The number of aromatic nitrogens is 1. The largest absolute Gasteiger partial charge is 0.342 e. The summed E-state index contributed by atoms with van der Waals surface area (Å²) in [5, 5.41) is 0. The summed E-state index contributed by atoms with van der Waals surface area (Å²) in [6.07, 6.45) is 4.23. The molecular formula is C19H29N5O4S. The number of likely N-dealkylation sites (N-methyl/N-ethyl adjacent to an activating group) is 1. The smallest absolute Gasteiger partial charge is 0.255 e. The molecule has 2 fully saturated rings.